The summed E-state index contributed by atoms with van der Waals surface area (Å²) in [7, 11) is 4.06. The van der Waals surface area contributed by atoms with Crippen LogP contribution < -0.4 is 0 Å². The molecule has 0 aromatic rings. The number of allylic oxidation sites excluding steroid dienone is 2. The van der Waals surface area contributed by atoms with Crippen molar-refractivity contribution in [2.75, 3.05) is 20.6 Å². The van der Waals surface area contributed by atoms with E-state index in [1.165, 1.54) is 0 Å². The molecule has 0 aliphatic carbocycles. The second-order valence-electron chi connectivity index (χ2n) is 2.85. The van der Waals surface area contributed by atoms with E-state index in [4.69, 9.17) is 19.8 Å². The minimum absolute atomic E-state index is 0.990. The molecule has 0 spiro atoms. The maximum Gasteiger partial charge on any atom is 0.414 e. The monoisotopic (exact) mass is 214 g/mol. The lowest BCUT2D eigenvalue weighted by molar-refractivity contribution is -0.159. The molecule has 0 bridgehead atoms. The van der Waals surface area contributed by atoms with Gasteiger partial charge >= 0.3 is 11.9 Å². The van der Waals surface area contributed by atoms with Gasteiger partial charge in [-0.15, -0.1) is 0 Å². The molecular weight excluding hydrogens is 200 g/mol. The lowest BCUT2D eigenvalue weighted by Crippen LogP contribution is -2.32. The van der Waals surface area contributed by atoms with Gasteiger partial charge in [0.2, 0.25) is 0 Å². The highest BCUT2D eigenvalue weighted by Gasteiger charge is 2.04. The van der Waals surface area contributed by atoms with Crippen molar-refractivity contribution >= 4 is 11.9 Å². The van der Waals surface area contributed by atoms with Crippen LogP contribution in [0.5, 0.6) is 0 Å². The first-order chi connectivity index (χ1) is 6.95. The molecule has 1 aliphatic heterocycles. The molecule has 0 amide bonds. The van der Waals surface area contributed by atoms with E-state index in [1.54, 1.807) is 0 Å². The van der Waals surface area contributed by atoms with Crippen molar-refractivity contribution in [1.82, 2.24) is 10.0 Å². The summed E-state index contributed by atoms with van der Waals surface area (Å²) in [5.41, 5.74) is 0. The number of hydrogen-bond acceptors (Lipinski definition) is 4. The molecule has 1 heterocycles. The van der Waals surface area contributed by atoms with E-state index in [0.717, 1.165) is 6.54 Å². The van der Waals surface area contributed by atoms with Crippen molar-refractivity contribution in [1.29, 1.82) is 0 Å². The fourth-order valence-corrected chi connectivity index (χ4v) is 0.754. The molecule has 0 radical (unpaired) electrons. The predicted molar refractivity (Wildman–Crippen MR) is 53.9 cm³/mol. The number of carboxylic acid groups (broad SMARTS) is 2. The number of hydrogen-bond donors (Lipinski definition) is 2. The zero-order valence-electron chi connectivity index (χ0n) is 8.62. The second-order valence-corrected chi connectivity index (χ2v) is 2.85. The highest BCUT2D eigenvalue weighted by Crippen LogP contribution is 1.98. The molecule has 0 unspecified atom stereocenters. The Morgan fingerprint density at radius 3 is 1.93 bits per heavy atom. The molecule has 2 N–H and O–H groups in total. The fraction of sp³-hybridized carbons (Fsp3) is 0.333. The molecular formula is C9H14N2O4. The fourth-order valence-electron chi connectivity index (χ4n) is 0.754. The average molecular weight is 214 g/mol. The molecule has 6 heteroatoms. The Kier molecular flexibility index (Phi) is 5.81. The Morgan fingerprint density at radius 1 is 1.20 bits per heavy atom. The smallest absolute Gasteiger partial charge is 0.414 e. The van der Waals surface area contributed by atoms with Crippen LogP contribution in [-0.4, -0.2) is 52.8 Å². The van der Waals surface area contributed by atoms with Crippen molar-refractivity contribution in [2.45, 2.75) is 0 Å². The maximum atomic E-state index is 9.10. The van der Waals surface area contributed by atoms with Crippen LogP contribution >= 0.6 is 0 Å². The summed E-state index contributed by atoms with van der Waals surface area (Å²) in [4.78, 5) is 18.2. The van der Waals surface area contributed by atoms with Gasteiger partial charge in [0.15, 0.2) is 0 Å². The number of carbonyl (C=O) groups is 2. The lowest BCUT2D eigenvalue weighted by atomic mass is 10.4. The standard InChI is InChI=1S/C7H12N2.C2H2O4/c1-8(2)9-6-4-3-5-7-9;3-1(4)2(5)6/h3-6H,7H2,1-2H3;(H,3,4)(H,5,6). The minimum Gasteiger partial charge on any atom is -0.473 e. The minimum atomic E-state index is -1.82. The van der Waals surface area contributed by atoms with Crippen molar-refractivity contribution in [3.05, 3.63) is 24.4 Å². The first-order valence-corrected chi connectivity index (χ1v) is 4.18. The Balaban J connectivity index is 0.000000288. The summed E-state index contributed by atoms with van der Waals surface area (Å²) in [6.45, 7) is 0.990. The molecule has 0 saturated carbocycles. The molecule has 0 aromatic heterocycles. The van der Waals surface area contributed by atoms with Gasteiger partial charge in [0.05, 0.1) is 6.54 Å². The Hall–Kier alpha value is -1.82. The first kappa shape index (κ1) is 13.2. The highest BCUT2D eigenvalue weighted by atomic mass is 16.4. The van der Waals surface area contributed by atoms with Crippen molar-refractivity contribution in [3.8, 4) is 0 Å². The van der Waals surface area contributed by atoms with Crippen LogP contribution in [0, 0.1) is 0 Å². The van der Waals surface area contributed by atoms with Gasteiger partial charge in [-0.2, -0.15) is 0 Å². The quantitative estimate of drug-likeness (QED) is 0.598. The average Bonchev–Trinajstić information content (AvgIpc) is 2.20. The Labute approximate surface area is 87.7 Å². The van der Waals surface area contributed by atoms with Gasteiger partial charge in [-0.05, 0) is 6.08 Å². The Morgan fingerprint density at radius 2 is 1.73 bits per heavy atom. The largest absolute Gasteiger partial charge is 0.473 e. The van der Waals surface area contributed by atoms with Crippen LogP contribution in [0.25, 0.3) is 0 Å². The molecule has 1 aliphatic rings. The highest BCUT2D eigenvalue weighted by molar-refractivity contribution is 6.27. The topological polar surface area (TPSA) is 81.1 Å². The Bertz CT molecular complexity index is 272. The predicted octanol–water partition coefficient (Wildman–Crippen LogP) is 0.00410. The normalized spacial score (nSPS) is 13.4. The van der Waals surface area contributed by atoms with Crippen LogP contribution in [-0.2, 0) is 9.59 Å². The molecule has 15 heavy (non-hydrogen) atoms. The first-order valence-electron chi connectivity index (χ1n) is 4.18. The van der Waals surface area contributed by atoms with Gasteiger partial charge < -0.3 is 15.2 Å². The van der Waals surface area contributed by atoms with Gasteiger partial charge in [0.1, 0.15) is 0 Å². The van der Waals surface area contributed by atoms with Crippen LogP contribution in [0.2, 0.25) is 0 Å². The van der Waals surface area contributed by atoms with Crippen molar-refractivity contribution in [3.63, 3.8) is 0 Å². The van der Waals surface area contributed by atoms with E-state index >= 15 is 0 Å². The molecule has 84 valence electrons. The number of rotatable bonds is 1. The van der Waals surface area contributed by atoms with Gasteiger partial charge in [-0.1, -0.05) is 12.2 Å². The van der Waals surface area contributed by atoms with Crippen LogP contribution in [0.1, 0.15) is 0 Å². The van der Waals surface area contributed by atoms with Gasteiger partial charge in [-0.25, -0.2) is 14.6 Å². The van der Waals surface area contributed by atoms with Crippen molar-refractivity contribution < 1.29 is 19.8 Å². The van der Waals surface area contributed by atoms with Crippen molar-refractivity contribution in [2.24, 2.45) is 0 Å². The van der Waals surface area contributed by atoms with E-state index in [-0.39, 0.29) is 0 Å². The van der Waals surface area contributed by atoms with E-state index in [0.29, 0.717) is 0 Å². The third kappa shape index (κ3) is 6.28. The zero-order valence-corrected chi connectivity index (χ0v) is 8.62. The van der Waals surface area contributed by atoms with E-state index in [2.05, 4.69) is 28.4 Å². The molecule has 0 saturated heterocycles. The zero-order chi connectivity index (χ0) is 11.8. The molecule has 1 rings (SSSR count). The van der Waals surface area contributed by atoms with Gasteiger partial charge in [0.25, 0.3) is 0 Å². The third-order valence-corrected chi connectivity index (χ3v) is 1.49. The molecule has 0 aromatic carbocycles. The number of aliphatic carboxylic acids is 2. The number of hydrazine groups is 1. The lowest BCUT2D eigenvalue weighted by Gasteiger charge is -2.27. The summed E-state index contributed by atoms with van der Waals surface area (Å²) >= 11 is 0. The summed E-state index contributed by atoms with van der Waals surface area (Å²) < 4.78 is 0. The summed E-state index contributed by atoms with van der Waals surface area (Å²) in [6.07, 6.45) is 8.27. The maximum absolute atomic E-state index is 9.10. The van der Waals surface area contributed by atoms with Crippen LogP contribution in [0.3, 0.4) is 0 Å². The van der Waals surface area contributed by atoms with E-state index in [1.807, 2.05) is 20.2 Å². The summed E-state index contributed by atoms with van der Waals surface area (Å²) in [6, 6.07) is 0. The second kappa shape index (κ2) is 6.61. The van der Waals surface area contributed by atoms with E-state index in [9.17, 15) is 0 Å². The summed E-state index contributed by atoms with van der Waals surface area (Å²) in [5.74, 6) is -3.65. The molecule has 0 fully saturated rings. The molecule has 0 atom stereocenters. The summed E-state index contributed by atoms with van der Waals surface area (Å²) in [5, 5.41) is 19.0. The van der Waals surface area contributed by atoms with E-state index < -0.39 is 11.9 Å². The number of nitrogens with zero attached hydrogens (tertiary/aromatic N) is 2. The van der Waals surface area contributed by atoms with Crippen LogP contribution in [0.15, 0.2) is 24.4 Å². The third-order valence-electron chi connectivity index (χ3n) is 1.49. The van der Waals surface area contributed by atoms with Crippen LogP contribution in [0.4, 0.5) is 0 Å². The SMILES string of the molecule is CN(C)N1C=CC=CC1.O=C(O)C(=O)O. The van der Waals surface area contributed by atoms with Gasteiger partial charge in [0, 0.05) is 20.3 Å². The number of carboxylic acids is 2. The van der Waals surface area contributed by atoms with Gasteiger partial charge in [-0.3, -0.25) is 0 Å². The molecule has 6 nitrogen and oxygen atoms in total.